The molecule has 2 unspecified atom stereocenters. The Morgan fingerprint density at radius 1 is 1.15 bits per heavy atom. The lowest BCUT2D eigenvalue weighted by Gasteiger charge is -2.20. The third kappa shape index (κ3) is 8.98. The number of rotatable bonds is 15. The number of hydrogen-bond acceptors (Lipinski definition) is 3. The van der Waals surface area contributed by atoms with Crippen LogP contribution >= 0.6 is 0 Å². The third-order valence-corrected chi connectivity index (χ3v) is 5.68. The molecule has 1 aliphatic rings. The molecule has 0 spiro atoms. The number of aliphatic hydroxyl groups excluding tert-OH is 1. The molecule has 0 aliphatic heterocycles. The molecule has 0 bridgehead atoms. The van der Waals surface area contributed by atoms with Crippen LogP contribution in [-0.2, 0) is 9.59 Å². The molecule has 150 valence electrons. The Labute approximate surface area is 159 Å². The fraction of sp³-hybridized carbons (Fsp3) is 0.818. The number of aliphatic hydroxyl groups is 1. The van der Waals surface area contributed by atoms with Crippen LogP contribution in [0.4, 0.5) is 0 Å². The number of carboxylic acids is 1. The normalized spacial score (nSPS) is 19.4. The van der Waals surface area contributed by atoms with Crippen LogP contribution in [0, 0.1) is 11.8 Å². The molecule has 0 fully saturated rings. The minimum Gasteiger partial charge on any atom is -0.481 e. The Morgan fingerprint density at radius 2 is 1.88 bits per heavy atom. The molecular formula is C22H38O4. The van der Waals surface area contributed by atoms with Crippen molar-refractivity contribution < 1.29 is 19.8 Å². The second-order valence-corrected chi connectivity index (χ2v) is 7.93. The first-order valence-electron chi connectivity index (χ1n) is 10.6. The molecule has 1 aliphatic carbocycles. The van der Waals surface area contributed by atoms with Gasteiger partial charge in [0.05, 0.1) is 6.10 Å². The molecular weight excluding hydrogens is 328 g/mol. The topological polar surface area (TPSA) is 74.6 Å². The van der Waals surface area contributed by atoms with Crippen LogP contribution < -0.4 is 0 Å². The van der Waals surface area contributed by atoms with Crippen LogP contribution in [-0.4, -0.2) is 28.1 Å². The van der Waals surface area contributed by atoms with E-state index in [-0.39, 0.29) is 18.4 Å². The number of aliphatic carboxylic acids is 1. The van der Waals surface area contributed by atoms with Crippen molar-refractivity contribution in [1.82, 2.24) is 0 Å². The van der Waals surface area contributed by atoms with Gasteiger partial charge in [-0.2, -0.15) is 0 Å². The molecule has 1 rings (SSSR count). The largest absolute Gasteiger partial charge is 0.481 e. The predicted octanol–water partition coefficient (Wildman–Crippen LogP) is 5.28. The number of hydrogen-bond donors (Lipinski definition) is 2. The zero-order valence-corrected chi connectivity index (χ0v) is 16.7. The van der Waals surface area contributed by atoms with Gasteiger partial charge in [0.1, 0.15) is 5.78 Å². The van der Waals surface area contributed by atoms with Crippen LogP contribution in [0.25, 0.3) is 0 Å². The maximum Gasteiger partial charge on any atom is 0.303 e. The highest BCUT2D eigenvalue weighted by molar-refractivity contribution is 5.88. The Hall–Kier alpha value is -1.16. The van der Waals surface area contributed by atoms with Gasteiger partial charge in [0.15, 0.2) is 0 Å². The van der Waals surface area contributed by atoms with Gasteiger partial charge in [-0.05, 0) is 38.0 Å². The van der Waals surface area contributed by atoms with E-state index in [9.17, 15) is 14.7 Å². The van der Waals surface area contributed by atoms with E-state index in [1.807, 2.05) is 0 Å². The maximum absolute atomic E-state index is 12.2. The lowest BCUT2D eigenvalue weighted by molar-refractivity contribution is -0.137. The molecule has 4 heteroatoms. The fourth-order valence-corrected chi connectivity index (χ4v) is 3.83. The van der Waals surface area contributed by atoms with Crippen molar-refractivity contribution in [3.63, 3.8) is 0 Å². The number of allylic oxidation sites excluding steroid dienone is 2. The molecule has 0 heterocycles. The fourth-order valence-electron chi connectivity index (χ4n) is 3.83. The van der Waals surface area contributed by atoms with Gasteiger partial charge in [-0.25, -0.2) is 0 Å². The van der Waals surface area contributed by atoms with Crippen molar-refractivity contribution in [2.24, 2.45) is 11.8 Å². The summed E-state index contributed by atoms with van der Waals surface area (Å²) in [7, 11) is 0. The number of carbonyl (C=O) groups excluding carboxylic acids is 1. The standard InChI is InChI=1S/C22H38O4/c1-3-4-7-10-17(2)20(23)15-13-18-14-16-21(24)19(18)11-8-5-6-9-12-22(25)26/h14,17,19-20,23H,3-13,15-16H2,1-2H3,(H,25,26)/t17?,19-,20?/m1/s1. The van der Waals surface area contributed by atoms with Crippen molar-refractivity contribution in [3.8, 4) is 0 Å². The molecule has 0 amide bonds. The van der Waals surface area contributed by atoms with Gasteiger partial charge in [0.25, 0.3) is 0 Å². The number of unbranched alkanes of at least 4 members (excludes halogenated alkanes) is 5. The first-order valence-corrected chi connectivity index (χ1v) is 10.6. The number of carbonyl (C=O) groups is 2. The van der Waals surface area contributed by atoms with Gasteiger partial charge in [-0.1, -0.05) is 64.0 Å². The minimum absolute atomic E-state index is 0.0390. The minimum atomic E-state index is -0.733. The summed E-state index contributed by atoms with van der Waals surface area (Å²) in [5.74, 6) is -0.0521. The quantitative estimate of drug-likeness (QED) is 0.305. The predicted molar refractivity (Wildman–Crippen MR) is 105 cm³/mol. The summed E-state index contributed by atoms with van der Waals surface area (Å²) in [4.78, 5) is 22.7. The summed E-state index contributed by atoms with van der Waals surface area (Å²) in [6.07, 6.45) is 13.3. The van der Waals surface area contributed by atoms with Crippen molar-refractivity contribution in [2.45, 2.75) is 103 Å². The molecule has 0 radical (unpaired) electrons. The monoisotopic (exact) mass is 366 g/mol. The van der Waals surface area contributed by atoms with Crippen LogP contribution in [0.2, 0.25) is 0 Å². The summed E-state index contributed by atoms with van der Waals surface area (Å²) in [6.45, 7) is 4.32. The van der Waals surface area contributed by atoms with Gasteiger partial charge in [-0.3, -0.25) is 9.59 Å². The summed E-state index contributed by atoms with van der Waals surface area (Å²) < 4.78 is 0. The summed E-state index contributed by atoms with van der Waals surface area (Å²) in [6, 6.07) is 0. The Balaban J connectivity index is 2.27. The molecule has 0 aromatic carbocycles. The lowest BCUT2D eigenvalue weighted by atomic mass is 9.88. The second-order valence-electron chi connectivity index (χ2n) is 7.93. The molecule has 0 aromatic rings. The van der Waals surface area contributed by atoms with Crippen molar-refractivity contribution in [3.05, 3.63) is 11.6 Å². The van der Waals surface area contributed by atoms with Crippen molar-refractivity contribution >= 4 is 11.8 Å². The highest BCUT2D eigenvalue weighted by Gasteiger charge is 2.27. The van der Waals surface area contributed by atoms with Gasteiger partial charge < -0.3 is 10.2 Å². The number of ketones is 1. The van der Waals surface area contributed by atoms with E-state index in [1.165, 1.54) is 24.8 Å². The van der Waals surface area contributed by atoms with Crippen LogP contribution in [0.3, 0.4) is 0 Å². The van der Waals surface area contributed by atoms with Crippen molar-refractivity contribution in [1.29, 1.82) is 0 Å². The molecule has 0 saturated heterocycles. The van der Waals surface area contributed by atoms with Crippen LogP contribution in [0.15, 0.2) is 11.6 Å². The number of Topliss-reactive ketones (excluding diaryl/α,β-unsaturated/α-hetero) is 1. The van der Waals surface area contributed by atoms with Gasteiger partial charge in [0.2, 0.25) is 0 Å². The first kappa shape index (κ1) is 22.9. The molecule has 2 N–H and O–H groups in total. The first-order chi connectivity index (χ1) is 12.5. The highest BCUT2D eigenvalue weighted by Crippen LogP contribution is 2.32. The van der Waals surface area contributed by atoms with E-state index in [1.54, 1.807) is 0 Å². The van der Waals surface area contributed by atoms with E-state index in [4.69, 9.17) is 5.11 Å². The van der Waals surface area contributed by atoms with Gasteiger partial charge in [-0.15, -0.1) is 0 Å². The van der Waals surface area contributed by atoms with E-state index >= 15 is 0 Å². The molecule has 0 aromatic heterocycles. The molecule has 4 nitrogen and oxygen atoms in total. The van der Waals surface area contributed by atoms with Gasteiger partial charge >= 0.3 is 5.97 Å². The average Bonchev–Trinajstić information content (AvgIpc) is 2.95. The number of carboxylic acid groups (broad SMARTS) is 1. The Kier molecular flexibility index (Phi) is 11.5. The van der Waals surface area contributed by atoms with Gasteiger partial charge in [0, 0.05) is 18.8 Å². The smallest absolute Gasteiger partial charge is 0.303 e. The zero-order chi connectivity index (χ0) is 19.4. The van der Waals surface area contributed by atoms with Crippen molar-refractivity contribution in [2.75, 3.05) is 0 Å². The Bertz CT molecular complexity index is 455. The average molecular weight is 367 g/mol. The third-order valence-electron chi connectivity index (χ3n) is 5.68. The molecule has 0 saturated carbocycles. The second kappa shape index (κ2) is 13.1. The highest BCUT2D eigenvalue weighted by atomic mass is 16.4. The van der Waals surface area contributed by atoms with Crippen LogP contribution in [0.1, 0.15) is 97.3 Å². The van der Waals surface area contributed by atoms with E-state index in [0.717, 1.165) is 51.4 Å². The lowest BCUT2D eigenvalue weighted by Crippen LogP contribution is -2.19. The summed E-state index contributed by atoms with van der Waals surface area (Å²) in [5, 5.41) is 19.0. The van der Waals surface area contributed by atoms with E-state index in [2.05, 4.69) is 19.9 Å². The summed E-state index contributed by atoms with van der Waals surface area (Å²) in [5.41, 5.74) is 1.22. The SMILES string of the molecule is CCCCCC(C)C(O)CCC1=CCC(=O)[C@@H]1CCCCCCC(=O)O. The molecule has 3 atom stereocenters. The zero-order valence-electron chi connectivity index (χ0n) is 16.7. The Morgan fingerprint density at radius 3 is 2.58 bits per heavy atom. The van der Waals surface area contributed by atoms with Crippen LogP contribution in [0.5, 0.6) is 0 Å². The maximum atomic E-state index is 12.2. The van der Waals surface area contributed by atoms with E-state index in [0.29, 0.717) is 18.1 Å². The summed E-state index contributed by atoms with van der Waals surface area (Å²) >= 11 is 0. The van der Waals surface area contributed by atoms with E-state index < -0.39 is 5.97 Å². The molecule has 26 heavy (non-hydrogen) atoms.